The van der Waals surface area contributed by atoms with Gasteiger partial charge in [-0.2, -0.15) is 0 Å². The number of nitrogens with one attached hydrogen (secondary N) is 1. The Kier molecular flexibility index (Phi) is 3.84. The van der Waals surface area contributed by atoms with Gasteiger partial charge in [0, 0.05) is 29.6 Å². The number of furan rings is 1. The molecule has 1 unspecified atom stereocenters. The van der Waals surface area contributed by atoms with Crippen LogP contribution in [0.5, 0.6) is 0 Å². The smallest absolute Gasteiger partial charge is 0.143 e. The van der Waals surface area contributed by atoms with E-state index in [-0.39, 0.29) is 6.04 Å². The number of halogens is 1. The minimum atomic E-state index is -0.131. The van der Waals surface area contributed by atoms with Gasteiger partial charge in [0.15, 0.2) is 0 Å². The highest BCUT2D eigenvalue weighted by molar-refractivity contribution is 9.10. The quantitative estimate of drug-likeness (QED) is 0.767. The van der Waals surface area contributed by atoms with Crippen molar-refractivity contribution >= 4 is 21.6 Å². The van der Waals surface area contributed by atoms with Crippen LogP contribution in [0.2, 0.25) is 0 Å². The zero-order chi connectivity index (χ0) is 14.8. The summed E-state index contributed by atoms with van der Waals surface area (Å²) in [5.41, 5.74) is 2.21. The summed E-state index contributed by atoms with van der Waals surface area (Å²) in [6, 6.07) is 9.81. The number of hydrogen-bond acceptors (Lipinski definition) is 3. The molecule has 0 aliphatic carbocycles. The molecule has 4 nitrogen and oxygen atoms in total. The van der Waals surface area contributed by atoms with Crippen LogP contribution in [0, 0.1) is 6.92 Å². The van der Waals surface area contributed by atoms with Crippen LogP contribution < -0.4 is 5.32 Å². The van der Waals surface area contributed by atoms with E-state index in [0.29, 0.717) is 0 Å². The summed E-state index contributed by atoms with van der Waals surface area (Å²) in [7, 11) is 1.98. The molecule has 0 aliphatic heterocycles. The van der Waals surface area contributed by atoms with Gasteiger partial charge in [-0.15, -0.1) is 0 Å². The number of benzene rings is 1. The molecule has 1 aromatic carbocycles. The minimum absolute atomic E-state index is 0.131. The van der Waals surface area contributed by atoms with Gasteiger partial charge in [0.25, 0.3) is 0 Å². The van der Waals surface area contributed by atoms with Crippen molar-refractivity contribution in [2.24, 2.45) is 7.05 Å². The number of aryl methyl sites for hydroxylation is 1. The van der Waals surface area contributed by atoms with Crippen LogP contribution in [0.25, 0.3) is 0 Å². The Labute approximate surface area is 131 Å². The zero-order valence-corrected chi connectivity index (χ0v) is 13.5. The van der Waals surface area contributed by atoms with Crippen LogP contribution >= 0.6 is 15.9 Å². The Hall–Kier alpha value is -2.01. The van der Waals surface area contributed by atoms with E-state index in [9.17, 15) is 0 Å². The molecule has 0 saturated heterocycles. The van der Waals surface area contributed by atoms with Crippen molar-refractivity contribution in [2.75, 3.05) is 5.32 Å². The Morgan fingerprint density at radius 3 is 2.81 bits per heavy atom. The van der Waals surface area contributed by atoms with Gasteiger partial charge in [-0.1, -0.05) is 22.0 Å². The van der Waals surface area contributed by atoms with E-state index in [1.165, 1.54) is 0 Å². The fourth-order valence-corrected chi connectivity index (χ4v) is 2.66. The summed E-state index contributed by atoms with van der Waals surface area (Å²) in [4.78, 5) is 4.45. The lowest BCUT2D eigenvalue weighted by atomic mass is 10.1. The van der Waals surface area contributed by atoms with Crippen LogP contribution in [-0.2, 0) is 7.05 Å². The van der Waals surface area contributed by atoms with Gasteiger partial charge in [0.1, 0.15) is 17.6 Å². The molecule has 0 aliphatic rings. The Balaban J connectivity index is 2.01. The van der Waals surface area contributed by atoms with Gasteiger partial charge in [-0.05, 0) is 36.8 Å². The SMILES string of the molecule is Cc1c(Br)cccc1NC(c1ccco1)c1nccn1C. The summed E-state index contributed by atoms with van der Waals surface area (Å²) in [6.45, 7) is 2.07. The number of rotatable bonds is 4. The molecule has 21 heavy (non-hydrogen) atoms. The van der Waals surface area contributed by atoms with Gasteiger partial charge in [-0.25, -0.2) is 4.98 Å². The molecular weight excluding hydrogens is 330 g/mol. The predicted octanol–water partition coefficient (Wildman–Crippen LogP) is 4.29. The van der Waals surface area contributed by atoms with Crippen LogP contribution in [0.4, 0.5) is 5.69 Å². The van der Waals surface area contributed by atoms with Crippen molar-refractivity contribution in [1.82, 2.24) is 9.55 Å². The number of nitrogens with zero attached hydrogens (tertiary/aromatic N) is 2. The van der Waals surface area contributed by atoms with E-state index in [0.717, 1.165) is 27.3 Å². The third-order valence-electron chi connectivity index (χ3n) is 3.51. The summed E-state index contributed by atoms with van der Waals surface area (Å²) in [5.74, 6) is 1.74. The first-order valence-corrected chi connectivity index (χ1v) is 7.48. The Morgan fingerprint density at radius 2 is 2.14 bits per heavy atom. The van der Waals surface area contributed by atoms with Crippen LogP contribution in [0.15, 0.2) is 57.9 Å². The molecule has 0 radical (unpaired) electrons. The van der Waals surface area contributed by atoms with Crippen molar-refractivity contribution in [1.29, 1.82) is 0 Å². The highest BCUT2D eigenvalue weighted by Gasteiger charge is 2.21. The molecule has 0 fully saturated rings. The zero-order valence-electron chi connectivity index (χ0n) is 11.9. The van der Waals surface area contributed by atoms with Gasteiger partial charge >= 0.3 is 0 Å². The van der Waals surface area contributed by atoms with Crippen molar-refractivity contribution in [3.8, 4) is 0 Å². The molecule has 2 aromatic heterocycles. The lowest BCUT2D eigenvalue weighted by molar-refractivity contribution is 0.488. The van der Waals surface area contributed by atoms with Gasteiger partial charge < -0.3 is 14.3 Å². The average molecular weight is 346 g/mol. The molecule has 5 heteroatoms. The molecule has 2 heterocycles. The monoisotopic (exact) mass is 345 g/mol. The molecular formula is C16H16BrN3O. The average Bonchev–Trinajstić information content (AvgIpc) is 3.12. The first kappa shape index (κ1) is 13.9. The molecule has 0 saturated carbocycles. The molecule has 3 aromatic rings. The van der Waals surface area contributed by atoms with E-state index in [4.69, 9.17) is 4.42 Å². The van der Waals surface area contributed by atoms with Crippen LogP contribution in [-0.4, -0.2) is 9.55 Å². The second-order valence-electron chi connectivity index (χ2n) is 4.90. The molecule has 0 bridgehead atoms. The lowest BCUT2D eigenvalue weighted by Crippen LogP contribution is -2.16. The summed E-state index contributed by atoms with van der Waals surface area (Å²) < 4.78 is 8.66. The predicted molar refractivity (Wildman–Crippen MR) is 86.3 cm³/mol. The maximum atomic E-state index is 5.59. The van der Waals surface area contributed by atoms with E-state index in [2.05, 4.69) is 39.2 Å². The van der Waals surface area contributed by atoms with Gasteiger partial charge in [-0.3, -0.25) is 0 Å². The van der Waals surface area contributed by atoms with Gasteiger partial charge in [0.05, 0.1) is 6.26 Å². The maximum absolute atomic E-state index is 5.59. The number of imidazole rings is 1. The summed E-state index contributed by atoms with van der Waals surface area (Å²) >= 11 is 3.56. The standard InChI is InChI=1S/C16H16BrN3O/c1-11-12(17)5-3-6-13(11)19-15(14-7-4-10-21-14)16-18-8-9-20(16)2/h3-10,15,19H,1-2H3. The van der Waals surface area contributed by atoms with Crippen LogP contribution in [0.3, 0.4) is 0 Å². The number of hydrogen-bond donors (Lipinski definition) is 1. The van der Waals surface area contributed by atoms with Gasteiger partial charge in [0.2, 0.25) is 0 Å². The van der Waals surface area contributed by atoms with E-state index >= 15 is 0 Å². The molecule has 1 N–H and O–H groups in total. The first-order chi connectivity index (χ1) is 10.2. The second-order valence-corrected chi connectivity index (χ2v) is 5.76. The highest BCUT2D eigenvalue weighted by atomic mass is 79.9. The van der Waals surface area contributed by atoms with Crippen molar-refractivity contribution in [2.45, 2.75) is 13.0 Å². The van der Waals surface area contributed by atoms with Crippen molar-refractivity contribution in [3.05, 3.63) is 70.6 Å². The largest absolute Gasteiger partial charge is 0.467 e. The lowest BCUT2D eigenvalue weighted by Gasteiger charge is -2.19. The van der Waals surface area contributed by atoms with E-state index in [1.54, 1.807) is 12.5 Å². The molecule has 0 spiro atoms. The fourth-order valence-electron chi connectivity index (χ4n) is 2.29. The number of anilines is 1. The Bertz CT molecular complexity index is 734. The second kappa shape index (κ2) is 5.77. The first-order valence-electron chi connectivity index (χ1n) is 6.69. The Morgan fingerprint density at radius 1 is 1.29 bits per heavy atom. The topological polar surface area (TPSA) is 43.0 Å². The normalized spacial score (nSPS) is 12.3. The third kappa shape index (κ3) is 2.74. The molecule has 1 atom stereocenters. The van der Waals surface area contributed by atoms with Crippen LogP contribution in [0.1, 0.15) is 23.2 Å². The van der Waals surface area contributed by atoms with E-state index in [1.807, 2.05) is 42.1 Å². The third-order valence-corrected chi connectivity index (χ3v) is 4.37. The van der Waals surface area contributed by atoms with Crippen molar-refractivity contribution < 1.29 is 4.42 Å². The molecule has 108 valence electrons. The minimum Gasteiger partial charge on any atom is -0.467 e. The van der Waals surface area contributed by atoms with Crippen molar-refractivity contribution in [3.63, 3.8) is 0 Å². The fraction of sp³-hybridized carbons (Fsp3) is 0.188. The number of aromatic nitrogens is 2. The maximum Gasteiger partial charge on any atom is 0.143 e. The van der Waals surface area contributed by atoms with E-state index < -0.39 is 0 Å². The molecule has 3 rings (SSSR count). The highest BCUT2D eigenvalue weighted by Crippen LogP contribution is 2.30. The summed E-state index contributed by atoms with van der Waals surface area (Å²) in [5, 5.41) is 3.53. The molecule has 0 amide bonds. The summed E-state index contributed by atoms with van der Waals surface area (Å²) in [6.07, 6.45) is 5.40.